The standard InChI is InChI=1S/C38H26N4/c1-3-7-29(8-4-1)35-23-33(25-37(41-35)31-15-19-39-20-16-31)27-11-13-28(14-12-27)34-24-36(30-9-5-2-6-10-30)42-38(26-34)32-17-21-40-22-18-32/h1-26H. The van der Waals surface area contributed by atoms with E-state index < -0.39 is 0 Å². The van der Waals surface area contributed by atoms with Crippen LogP contribution in [0.5, 0.6) is 0 Å². The molecule has 3 aromatic carbocycles. The molecule has 7 rings (SSSR count). The lowest BCUT2D eigenvalue weighted by atomic mass is 9.96. The highest BCUT2D eigenvalue weighted by Gasteiger charge is 2.12. The Morgan fingerprint density at radius 3 is 0.905 bits per heavy atom. The number of rotatable bonds is 6. The van der Waals surface area contributed by atoms with Gasteiger partial charge in [-0.25, -0.2) is 9.97 Å². The third-order valence-corrected chi connectivity index (χ3v) is 7.29. The molecule has 7 aromatic rings. The molecule has 0 unspecified atom stereocenters. The summed E-state index contributed by atoms with van der Waals surface area (Å²) in [6, 6.07) is 46.0. The molecule has 4 heteroatoms. The molecule has 0 N–H and O–H groups in total. The van der Waals surface area contributed by atoms with Crippen molar-refractivity contribution in [1.82, 2.24) is 19.9 Å². The van der Waals surface area contributed by atoms with E-state index >= 15 is 0 Å². The first-order valence-corrected chi connectivity index (χ1v) is 13.9. The molecule has 0 aliphatic carbocycles. The highest BCUT2D eigenvalue weighted by atomic mass is 14.7. The van der Waals surface area contributed by atoms with Crippen molar-refractivity contribution in [2.75, 3.05) is 0 Å². The number of aromatic nitrogens is 4. The van der Waals surface area contributed by atoms with Crippen molar-refractivity contribution in [2.45, 2.75) is 0 Å². The number of pyridine rings is 4. The summed E-state index contributed by atoms with van der Waals surface area (Å²) in [6.07, 6.45) is 7.22. The van der Waals surface area contributed by atoms with Crippen LogP contribution in [-0.2, 0) is 0 Å². The Morgan fingerprint density at radius 1 is 0.262 bits per heavy atom. The second-order valence-electron chi connectivity index (χ2n) is 10.0. The first kappa shape index (κ1) is 25.2. The van der Waals surface area contributed by atoms with Crippen molar-refractivity contribution in [2.24, 2.45) is 0 Å². The molecule has 0 saturated carbocycles. The summed E-state index contributed by atoms with van der Waals surface area (Å²) in [5, 5.41) is 0. The Bertz CT molecular complexity index is 1680. The zero-order valence-electron chi connectivity index (χ0n) is 22.8. The summed E-state index contributed by atoms with van der Waals surface area (Å²) in [7, 11) is 0. The molecular weight excluding hydrogens is 512 g/mol. The van der Waals surface area contributed by atoms with E-state index in [1.165, 1.54) is 0 Å². The van der Waals surface area contributed by atoms with Crippen LogP contribution in [0.4, 0.5) is 0 Å². The van der Waals surface area contributed by atoms with Gasteiger partial charge in [0.15, 0.2) is 0 Å². The third kappa shape index (κ3) is 5.34. The average molecular weight is 539 g/mol. The monoisotopic (exact) mass is 538 g/mol. The zero-order chi connectivity index (χ0) is 28.1. The predicted octanol–water partition coefficient (Wildman–Crippen LogP) is 9.27. The lowest BCUT2D eigenvalue weighted by Gasteiger charge is -2.12. The maximum atomic E-state index is 5.00. The van der Waals surface area contributed by atoms with Gasteiger partial charge >= 0.3 is 0 Å². The highest BCUT2D eigenvalue weighted by molar-refractivity contribution is 5.80. The molecule has 4 heterocycles. The summed E-state index contributed by atoms with van der Waals surface area (Å²) in [4.78, 5) is 18.4. The first-order valence-electron chi connectivity index (χ1n) is 13.9. The average Bonchev–Trinajstić information content (AvgIpc) is 3.09. The molecule has 198 valence electrons. The molecule has 0 amide bonds. The minimum absolute atomic E-state index is 0.918. The lowest BCUT2D eigenvalue weighted by Crippen LogP contribution is -1.92. The van der Waals surface area contributed by atoms with E-state index in [2.05, 4.69) is 82.8 Å². The van der Waals surface area contributed by atoms with E-state index in [0.29, 0.717) is 0 Å². The van der Waals surface area contributed by atoms with Crippen LogP contribution in [0.2, 0.25) is 0 Å². The Kier molecular flexibility index (Phi) is 6.85. The topological polar surface area (TPSA) is 51.6 Å². The van der Waals surface area contributed by atoms with Crippen LogP contribution in [0.3, 0.4) is 0 Å². The van der Waals surface area contributed by atoms with Gasteiger partial charge in [-0.3, -0.25) is 9.97 Å². The molecule has 0 radical (unpaired) electrons. The van der Waals surface area contributed by atoms with Gasteiger partial charge in [0.1, 0.15) is 0 Å². The van der Waals surface area contributed by atoms with Crippen LogP contribution < -0.4 is 0 Å². The van der Waals surface area contributed by atoms with Gasteiger partial charge in [-0.1, -0.05) is 84.9 Å². The Balaban J connectivity index is 1.31. The third-order valence-electron chi connectivity index (χ3n) is 7.29. The Morgan fingerprint density at radius 2 is 0.571 bits per heavy atom. The predicted molar refractivity (Wildman–Crippen MR) is 170 cm³/mol. The van der Waals surface area contributed by atoms with E-state index in [1.54, 1.807) is 24.8 Å². The fourth-order valence-electron chi connectivity index (χ4n) is 5.10. The van der Waals surface area contributed by atoms with Crippen LogP contribution in [0.1, 0.15) is 0 Å². The fourth-order valence-corrected chi connectivity index (χ4v) is 5.10. The van der Waals surface area contributed by atoms with Crippen LogP contribution in [0.15, 0.2) is 158 Å². The SMILES string of the molecule is c1ccc(-c2cc(-c3ccc(-c4cc(-c5ccccc5)nc(-c5ccncc5)c4)cc3)cc(-c3ccncc3)n2)cc1. The second-order valence-corrected chi connectivity index (χ2v) is 10.0. The van der Waals surface area contributed by atoms with Gasteiger partial charge in [-0.2, -0.15) is 0 Å². The summed E-state index contributed by atoms with van der Waals surface area (Å²) in [5.41, 5.74) is 12.4. The van der Waals surface area contributed by atoms with Crippen molar-refractivity contribution in [3.05, 3.63) is 158 Å². The smallest absolute Gasteiger partial charge is 0.0716 e. The van der Waals surface area contributed by atoms with E-state index in [-0.39, 0.29) is 0 Å². The van der Waals surface area contributed by atoms with E-state index in [4.69, 9.17) is 9.97 Å². The lowest BCUT2D eigenvalue weighted by molar-refractivity contribution is 1.29. The second kappa shape index (κ2) is 11.4. The molecule has 0 saturated heterocycles. The molecule has 4 nitrogen and oxygen atoms in total. The van der Waals surface area contributed by atoms with Gasteiger partial charge in [-0.15, -0.1) is 0 Å². The Labute approximate surface area is 245 Å². The number of benzene rings is 3. The maximum absolute atomic E-state index is 5.00. The highest BCUT2D eigenvalue weighted by Crippen LogP contribution is 2.33. The molecule has 0 aliphatic rings. The van der Waals surface area contributed by atoms with Crippen molar-refractivity contribution < 1.29 is 0 Å². The number of hydrogen-bond acceptors (Lipinski definition) is 4. The number of hydrogen-bond donors (Lipinski definition) is 0. The van der Waals surface area contributed by atoms with E-state index in [1.807, 2.05) is 60.7 Å². The van der Waals surface area contributed by atoms with Crippen molar-refractivity contribution in [1.29, 1.82) is 0 Å². The maximum Gasteiger partial charge on any atom is 0.0716 e. The van der Waals surface area contributed by atoms with Crippen LogP contribution in [0.25, 0.3) is 67.3 Å². The normalized spacial score (nSPS) is 10.9. The molecule has 0 atom stereocenters. The largest absolute Gasteiger partial charge is 0.265 e. The van der Waals surface area contributed by atoms with Gasteiger partial charge in [0, 0.05) is 47.0 Å². The van der Waals surface area contributed by atoms with Gasteiger partial charge in [0.25, 0.3) is 0 Å². The molecular formula is C38H26N4. The van der Waals surface area contributed by atoms with Crippen molar-refractivity contribution in [3.8, 4) is 67.3 Å². The molecule has 0 fully saturated rings. The van der Waals surface area contributed by atoms with Crippen molar-refractivity contribution >= 4 is 0 Å². The van der Waals surface area contributed by atoms with Gasteiger partial charge in [0.05, 0.1) is 22.8 Å². The molecule has 42 heavy (non-hydrogen) atoms. The van der Waals surface area contributed by atoms with Gasteiger partial charge in [-0.05, 0) is 70.8 Å². The van der Waals surface area contributed by atoms with Crippen molar-refractivity contribution in [3.63, 3.8) is 0 Å². The minimum Gasteiger partial charge on any atom is -0.265 e. The zero-order valence-corrected chi connectivity index (χ0v) is 22.8. The van der Waals surface area contributed by atoms with Gasteiger partial charge < -0.3 is 0 Å². The van der Waals surface area contributed by atoms with Crippen LogP contribution in [-0.4, -0.2) is 19.9 Å². The molecule has 0 bridgehead atoms. The fraction of sp³-hybridized carbons (Fsp3) is 0. The summed E-state index contributed by atoms with van der Waals surface area (Å²) < 4.78 is 0. The number of nitrogens with zero attached hydrogens (tertiary/aromatic N) is 4. The Hall–Kier alpha value is -5.74. The first-order chi connectivity index (χ1) is 20.8. The quantitative estimate of drug-likeness (QED) is 0.212. The minimum atomic E-state index is 0.918. The van der Waals surface area contributed by atoms with Crippen LogP contribution in [0, 0.1) is 0 Å². The van der Waals surface area contributed by atoms with E-state index in [9.17, 15) is 0 Å². The summed E-state index contributed by atoms with van der Waals surface area (Å²) in [5.74, 6) is 0. The molecule has 0 spiro atoms. The van der Waals surface area contributed by atoms with E-state index in [0.717, 1.165) is 67.3 Å². The molecule has 4 aromatic heterocycles. The van der Waals surface area contributed by atoms with Crippen LogP contribution >= 0.6 is 0 Å². The molecule has 0 aliphatic heterocycles. The summed E-state index contributed by atoms with van der Waals surface area (Å²) in [6.45, 7) is 0. The summed E-state index contributed by atoms with van der Waals surface area (Å²) >= 11 is 0. The van der Waals surface area contributed by atoms with Gasteiger partial charge in [0.2, 0.25) is 0 Å².